The standard InChI is InChI=1S/C19H19ClF2N2O4/c1-3-26-17-9-13(4-6-16(17)28-19(21)22)10-23-24-18(25)11-27-15-7-5-14(20)8-12(15)2/h4-10,19H,3,11H2,1-2H3,(H,24,25)/b23-10-. The molecule has 0 spiro atoms. The largest absolute Gasteiger partial charge is 0.490 e. The summed E-state index contributed by atoms with van der Waals surface area (Å²) in [6, 6.07) is 9.38. The minimum absolute atomic E-state index is 0.0789. The summed E-state index contributed by atoms with van der Waals surface area (Å²) in [4.78, 5) is 11.8. The van der Waals surface area contributed by atoms with Gasteiger partial charge in [0.2, 0.25) is 0 Å². The number of benzene rings is 2. The van der Waals surface area contributed by atoms with E-state index in [9.17, 15) is 13.6 Å². The van der Waals surface area contributed by atoms with E-state index in [1.807, 2.05) is 6.92 Å². The van der Waals surface area contributed by atoms with E-state index in [2.05, 4.69) is 15.3 Å². The molecule has 0 atom stereocenters. The Balaban J connectivity index is 1.92. The molecule has 0 saturated carbocycles. The van der Waals surface area contributed by atoms with E-state index < -0.39 is 12.5 Å². The van der Waals surface area contributed by atoms with Gasteiger partial charge in [-0.25, -0.2) is 5.43 Å². The molecular formula is C19H19ClF2N2O4. The van der Waals surface area contributed by atoms with Gasteiger partial charge >= 0.3 is 6.61 Å². The number of aryl methyl sites for hydroxylation is 1. The third kappa shape index (κ3) is 6.70. The van der Waals surface area contributed by atoms with E-state index in [1.165, 1.54) is 24.4 Å². The summed E-state index contributed by atoms with van der Waals surface area (Å²) in [6.07, 6.45) is 1.35. The molecule has 9 heteroatoms. The van der Waals surface area contributed by atoms with Crippen LogP contribution in [-0.4, -0.2) is 31.9 Å². The number of nitrogens with zero attached hydrogens (tertiary/aromatic N) is 1. The summed E-state index contributed by atoms with van der Waals surface area (Å²) in [7, 11) is 0. The highest BCUT2D eigenvalue weighted by Crippen LogP contribution is 2.29. The Bertz CT molecular complexity index is 847. The van der Waals surface area contributed by atoms with Crippen molar-refractivity contribution >= 4 is 23.7 Å². The van der Waals surface area contributed by atoms with Gasteiger partial charge in [-0.3, -0.25) is 4.79 Å². The van der Waals surface area contributed by atoms with Crippen molar-refractivity contribution in [3.05, 3.63) is 52.5 Å². The third-order valence-electron chi connectivity index (χ3n) is 3.38. The molecule has 0 aliphatic heterocycles. The molecule has 0 aromatic heterocycles. The summed E-state index contributed by atoms with van der Waals surface area (Å²) in [5.41, 5.74) is 3.65. The Kier molecular flexibility index (Phi) is 8.01. The topological polar surface area (TPSA) is 69.2 Å². The zero-order chi connectivity index (χ0) is 20.5. The zero-order valence-corrected chi connectivity index (χ0v) is 16.0. The van der Waals surface area contributed by atoms with E-state index in [1.54, 1.807) is 25.1 Å². The van der Waals surface area contributed by atoms with Crippen LogP contribution >= 0.6 is 11.6 Å². The first-order valence-electron chi connectivity index (χ1n) is 8.31. The summed E-state index contributed by atoms with van der Waals surface area (Å²) in [5.74, 6) is 0.150. The quantitative estimate of drug-likeness (QED) is 0.495. The summed E-state index contributed by atoms with van der Waals surface area (Å²) in [6.45, 7) is 0.621. The number of amides is 1. The number of hydrogen-bond acceptors (Lipinski definition) is 5. The number of carbonyl (C=O) groups excluding carboxylic acids is 1. The summed E-state index contributed by atoms with van der Waals surface area (Å²) >= 11 is 5.86. The van der Waals surface area contributed by atoms with Crippen LogP contribution < -0.4 is 19.6 Å². The van der Waals surface area contributed by atoms with Crippen molar-refractivity contribution in [2.75, 3.05) is 13.2 Å². The first-order chi connectivity index (χ1) is 13.4. The van der Waals surface area contributed by atoms with Crippen molar-refractivity contribution in [1.29, 1.82) is 0 Å². The van der Waals surface area contributed by atoms with Gasteiger partial charge in [0.15, 0.2) is 18.1 Å². The molecule has 2 rings (SSSR count). The molecule has 0 heterocycles. The van der Waals surface area contributed by atoms with Crippen molar-refractivity contribution < 1.29 is 27.8 Å². The molecule has 0 saturated heterocycles. The average molecular weight is 413 g/mol. The van der Waals surface area contributed by atoms with Gasteiger partial charge in [-0.15, -0.1) is 0 Å². The SMILES string of the molecule is CCOc1cc(/C=N\NC(=O)COc2ccc(Cl)cc2C)ccc1OC(F)F. The van der Waals surface area contributed by atoms with Gasteiger partial charge in [-0.05, 0) is 61.4 Å². The third-order valence-corrected chi connectivity index (χ3v) is 3.62. The van der Waals surface area contributed by atoms with Crippen LogP contribution in [0.3, 0.4) is 0 Å². The Morgan fingerprint density at radius 2 is 1.93 bits per heavy atom. The molecule has 2 aromatic carbocycles. The van der Waals surface area contributed by atoms with Gasteiger partial charge in [-0.1, -0.05) is 11.6 Å². The van der Waals surface area contributed by atoms with Gasteiger partial charge in [0.1, 0.15) is 5.75 Å². The number of ether oxygens (including phenoxy) is 3. The minimum atomic E-state index is -2.96. The van der Waals surface area contributed by atoms with E-state index in [-0.39, 0.29) is 24.7 Å². The fraction of sp³-hybridized carbons (Fsp3) is 0.263. The fourth-order valence-electron chi connectivity index (χ4n) is 2.20. The van der Waals surface area contributed by atoms with Crippen molar-refractivity contribution in [1.82, 2.24) is 5.43 Å². The molecule has 6 nitrogen and oxygen atoms in total. The second-order valence-corrected chi connectivity index (χ2v) is 5.95. The van der Waals surface area contributed by atoms with Gasteiger partial charge in [0.05, 0.1) is 12.8 Å². The van der Waals surface area contributed by atoms with Crippen LogP contribution in [0.25, 0.3) is 0 Å². The zero-order valence-electron chi connectivity index (χ0n) is 15.2. The highest BCUT2D eigenvalue weighted by molar-refractivity contribution is 6.30. The van der Waals surface area contributed by atoms with Crippen LogP contribution in [0.1, 0.15) is 18.1 Å². The number of nitrogens with one attached hydrogen (secondary N) is 1. The lowest BCUT2D eigenvalue weighted by molar-refractivity contribution is -0.123. The van der Waals surface area contributed by atoms with Crippen LogP contribution in [0.4, 0.5) is 8.78 Å². The monoisotopic (exact) mass is 412 g/mol. The molecule has 2 aromatic rings. The highest BCUT2D eigenvalue weighted by Gasteiger charge is 2.11. The molecular weight excluding hydrogens is 394 g/mol. The van der Waals surface area contributed by atoms with Gasteiger partial charge < -0.3 is 14.2 Å². The maximum atomic E-state index is 12.4. The molecule has 1 amide bonds. The van der Waals surface area contributed by atoms with E-state index in [4.69, 9.17) is 21.1 Å². The van der Waals surface area contributed by atoms with Crippen molar-refractivity contribution in [2.45, 2.75) is 20.5 Å². The molecule has 0 radical (unpaired) electrons. The Labute approximate surface area is 166 Å². The summed E-state index contributed by atoms with van der Waals surface area (Å²) < 4.78 is 39.9. The average Bonchev–Trinajstić information content (AvgIpc) is 2.63. The van der Waals surface area contributed by atoms with Crippen molar-refractivity contribution in [3.63, 3.8) is 0 Å². The molecule has 0 aliphatic rings. The Morgan fingerprint density at radius 1 is 1.18 bits per heavy atom. The van der Waals surface area contributed by atoms with Crippen LogP contribution in [0.5, 0.6) is 17.2 Å². The summed E-state index contributed by atoms with van der Waals surface area (Å²) in [5, 5.41) is 4.39. The van der Waals surface area contributed by atoms with Crippen LogP contribution in [-0.2, 0) is 4.79 Å². The van der Waals surface area contributed by atoms with Crippen LogP contribution in [0.15, 0.2) is 41.5 Å². The molecule has 150 valence electrons. The Hall–Kier alpha value is -2.87. The van der Waals surface area contributed by atoms with Crippen LogP contribution in [0, 0.1) is 6.92 Å². The van der Waals surface area contributed by atoms with E-state index >= 15 is 0 Å². The second-order valence-electron chi connectivity index (χ2n) is 5.51. The molecule has 0 unspecified atom stereocenters. The maximum absolute atomic E-state index is 12.4. The number of alkyl halides is 2. The molecule has 0 fully saturated rings. The highest BCUT2D eigenvalue weighted by atomic mass is 35.5. The molecule has 28 heavy (non-hydrogen) atoms. The lowest BCUT2D eigenvalue weighted by Crippen LogP contribution is -2.24. The molecule has 0 bridgehead atoms. The van der Waals surface area contributed by atoms with E-state index in [0.717, 1.165) is 5.56 Å². The molecule has 1 N–H and O–H groups in total. The lowest BCUT2D eigenvalue weighted by atomic mass is 10.2. The normalized spacial score (nSPS) is 10.9. The van der Waals surface area contributed by atoms with Gasteiger partial charge in [-0.2, -0.15) is 13.9 Å². The molecule has 0 aliphatic carbocycles. The first-order valence-corrected chi connectivity index (χ1v) is 8.69. The number of hydrogen-bond donors (Lipinski definition) is 1. The Morgan fingerprint density at radius 3 is 2.61 bits per heavy atom. The lowest BCUT2D eigenvalue weighted by Gasteiger charge is -2.11. The predicted octanol–water partition coefficient (Wildman–Crippen LogP) is 4.18. The van der Waals surface area contributed by atoms with E-state index in [0.29, 0.717) is 16.3 Å². The second kappa shape index (κ2) is 10.5. The van der Waals surface area contributed by atoms with Gasteiger partial charge in [0.25, 0.3) is 5.91 Å². The predicted molar refractivity (Wildman–Crippen MR) is 102 cm³/mol. The maximum Gasteiger partial charge on any atom is 0.387 e. The number of rotatable bonds is 9. The number of carbonyl (C=O) groups is 1. The van der Waals surface area contributed by atoms with Crippen molar-refractivity contribution in [2.24, 2.45) is 5.10 Å². The smallest absolute Gasteiger partial charge is 0.387 e. The number of hydrazone groups is 1. The van der Waals surface area contributed by atoms with Crippen LogP contribution in [0.2, 0.25) is 5.02 Å². The van der Waals surface area contributed by atoms with Crippen molar-refractivity contribution in [3.8, 4) is 17.2 Å². The fourth-order valence-corrected chi connectivity index (χ4v) is 2.42. The number of halogens is 3. The minimum Gasteiger partial charge on any atom is -0.490 e. The van der Waals surface area contributed by atoms with Gasteiger partial charge in [0, 0.05) is 5.02 Å². The first kappa shape index (κ1) is 21.4.